The molecule has 1 unspecified atom stereocenters. The van der Waals surface area contributed by atoms with Crippen LogP contribution in [0.3, 0.4) is 0 Å². The van der Waals surface area contributed by atoms with Crippen LogP contribution in [0.15, 0.2) is 23.6 Å². The number of fused-ring (bicyclic) bond motifs is 1. The SMILES string of the molecule is CCNC1CCc2c(OCc3csc(CC)n3)cccc21. The maximum Gasteiger partial charge on any atom is 0.131 e. The normalized spacial score (nSPS) is 17.0. The molecule has 1 aliphatic rings. The Hall–Kier alpha value is -1.39. The van der Waals surface area contributed by atoms with Gasteiger partial charge in [-0.2, -0.15) is 0 Å². The average molecular weight is 302 g/mol. The quantitative estimate of drug-likeness (QED) is 0.879. The van der Waals surface area contributed by atoms with Crippen molar-refractivity contribution in [2.24, 2.45) is 0 Å². The molecule has 2 aromatic rings. The maximum atomic E-state index is 6.04. The van der Waals surface area contributed by atoms with Gasteiger partial charge in [0, 0.05) is 11.4 Å². The third-order valence-electron chi connectivity index (χ3n) is 3.96. The molecule has 0 aliphatic heterocycles. The van der Waals surface area contributed by atoms with Crippen LogP contribution in [0.25, 0.3) is 0 Å². The Balaban J connectivity index is 1.72. The summed E-state index contributed by atoms with van der Waals surface area (Å²) in [6.07, 6.45) is 3.26. The Bertz CT molecular complexity index is 609. The van der Waals surface area contributed by atoms with Gasteiger partial charge in [-0.05, 0) is 43.0 Å². The average Bonchev–Trinajstić information content (AvgIpc) is 3.13. The summed E-state index contributed by atoms with van der Waals surface area (Å²) in [5.74, 6) is 1.03. The molecule has 4 heteroatoms. The minimum atomic E-state index is 0.486. The molecular formula is C17H22N2OS. The molecule has 0 saturated heterocycles. The maximum absolute atomic E-state index is 6.04. The van der Waals surface area contributed by atoms with Crippen molar-refractivity contribution in [2.45, 2.75) is 45.8 Å². The van der Waals surface area contributed by atoms with E-state index in [1.54, 1.807) is 11.3 Å². The lowest BCUT2D eigenvalue weighted by Crippen LogP contribution is -2.18. The monoisotopic (exact) mass is 302 g/mol. The molecule has 3 nitrogen and oxygen atoms in total. The summed E-state index contributed by atoms with van der Waals surface area (Å²) in [6, 6.07) is 6.89. The van der Waals surface area contributed by atoms with Crippen LogP contribution in [0.1, 0.15) is 48.1 Å². The van der Waals surface area contributed by atoms with Crippen molar-refractivity contribution in [2.75, 3.05) is 6.54 Å². The van der Waals surface area contributed by atoms with E-state index >= 15 is 0 Å². The predicted molar refractivity (Wildman–Crippen MR) is 87.0 cm³/mol. The summed E-state index contributed by atoms with van der Waals surface area (Å²) in [5.41, 5.74) is 3.81. The van der Waals surface area contributed by atoms with Gasteiger partial charge in [0.05, 0.1) is 10.7 Å². The van der Waals surface area contributed by atoms with E-state index in [4.69, 9.17) is 4.74 Å². The van der Waals surface area contributed by atoms with Gasteiger partial charge in [-0.15, -0.1) is 11.3 Å². The minimum absolute atomic E-state index is 0.486. The van der Waals surface area contributed by atoms with Gasteiger partial charge in [0.25, 0.3) is 0 Å². The fourth-order valence-electron chi connectivity index (χ4n) is 2.94. The first-order valence-corrected chi connectivity index (χ1v) is 8.61. The van der Waals surface area contributed by atoms with Gasteiger partial charge in [-0.25, -0.2) is 4.98 Å². The first-order chi connectivity index (χ1) is 10.3. The lowest BCUT2D eigenvalue weighted by Gasteiger charge is -2.14. The molecule has 0 radical (unpaired) electrons. The molecule has 1 aromatic heterocycles. The van der Waals surface area contributed by atoms with Crippen molar-refractivity contribution in [3.8, 4) is 5.75 Å². The topological polar surface area (TPSA) is 34.1 Å². The van der Waals surface area contributed by atoms with Crippen molar-refractivity contribution in [3.05, 3.63) is 45.4 Å². The van der Waals surface area contributed by atoms with E-state index in [0.29, 0.717) is 12.6 Å². The number of rotatable bonds is 6. The van der Waals surface area contributed by atoms with E-state index in [1.165, 1.54) is 22.6 Å². The van der Waals surface area contributed by atoms with E-state index in [0.717, 1.165) is 30.8 Å². The second-order valence-electron chi connectivity index (χ2n) is 5.35. The van der Waals surface area contributed by atoms with Crippen molar-refractivity contribution in [3.63, 3.8) is 0 Å². The van der Waals surface area contributed by atoms with Gasteiger partial charge in [-0.3, -0.25) is 0 Å². The number of hydrogen-bond donors (Lipinski definition) is 1. The highest BCUT2D eigenvalue weighted by Crippen LogP contribution is 2.37. The Kier molecular flexibility index (Phi) is 4.56. The van der Waals surface area contributed by atoms with E-state index in [2.05, 4.69) is 47.7 Å². The standard InChI is InChI=1S/C17H22N2OS/c1-3-17-19-12(11-21-17)10-20-16-7-5-6-13-14(16)8-9-15(13)18-4-2/h5-7,11,15,18H,3-4,8-10H2,1-2H3. The zero-order chi connectivity index (χ0) is 14.7. The Labute approximate surface area is 130 Å². The molecule has 1 aliphatic carbocycles. The number of ether oxygens (including phenoxy) is 1. The third kappa shape index (κ3) is 3.11. The Morgan fingerprint density at radius 1 is 1.38 bits per heavy atom. The minimum Gasteiger partial charge on any atom is -0.487 e. The molecule has 3 rings (SSSR count). The van der Waals surface area contributed by atoms with Crippen molar-refractivity contribution in [1.82, 2.24) is 10.3 Å². The Morgan fingerprint density at radius 3 is 3.05 bits per heavy atom. The zero-order valence-corrected chi connectivity index (χ0v) is 13.5. The highest BCUT2D eigenvalue weighted by Gasteiger charge is 2.24. The lowest BCUT2D eigenvalue weighted by atomic mass is 10.1. The summed E-state index contributed by atoms with van der Waals surface area (Å²) in [6.45, 7) is 5.87. The van der Waals surface area contributed by atoms with Crippen molar-refractivity contribution < 1.29 is 4.74 Å². The van der Waals surface area contributed by atoms with Gasteiger partial charge in [-0.1, -0.05) is 26.0 Å². The molecule has 1 N–H and O–H groups in total. The summed E-state index contributed by atoms with van der Waals surface area (Å²) in [5, 5.41) is 6.83. The van der Waals surface area contributed by atoms with Crippen LogP contribution in [0.5, 0.6) is 5.75 Å². The molecule has 1 heterocycles. The number of aryl methyl sites for hydroxylation is 1. The van der Waals surface area contributed by atoms with Gasteiger partial charge >= 0.3 is 0 Å². The smallest absolute Gasteiger partial charge is 0.131 e. The third-order valence-corrected chi connectivity index (χ3v) is 5.00. The van der Waals surface area contributed by atoms with E-state index < -0.39 is 0 Å². The molecule has 1 aromatic carbocycles. The molecular weight excluding hydrogens is 280 g/mol. The van der Waals surface area contributed by atoms with Crippen LogP contribution in [0.4, 0.5) is 0 Å². The van der Waals surface area contributed by atoms with Crippen molar-refractivity contribution in [1.29, 1.82) is 0 Å². The first kappa shape index (κ1) is 14.5. The number of aromatic nitrogens is 1. The number of nitrogens with zero attached hydrogens (tertiary/aromatic N) is 1. The van der Waals surface area contributed by atoms with Gasteiger partial charge in [0.15, 0.2) is 0 Å². The lowest BCUT2D eigenvalue weighted by molar-refractivity contribution is 0.299. The number of thiazole rings is 1. The van der Waals surface area contributed by atoms with E-state index in [9.17, 15) is 0 Å². The van der Waals surface area contributed by atoms with Crippen LogP contribution >= 0.6 is 11.3 Å². The summed E-state index contributed by atoms with van der Waals surface area (Å²) in [7, 11) is 0. The van der Waals surface area contributed by atoms with Crippen molar-refractivity contribution >= 4 is 11.3 Å². The largest absolute Gasteiger partial charge is 0.487 e. The molecule has 0 fully saturated rings. The molecule has 1 atom stereocenters. The summed E-state index contributed by atoms with van der Waals surface area (Å²) in [4.78, 5) is 4.56. The van der Waals surface area contributed by atoms with Crippen LogP contribution in [0, 0.1) is 0 Å². The molecule has 0 saturated carbocycles. The van der Waals surface area contributed by atoms with Gasteiger partial charge < -0.3 is 10.1 Å². The summed E-state index contributed by atoms with van der Waals surface area (Å²) >= 11 is 1.72. The zero-order valence-electron chi connectivity index (χ0n) is 12.7. The number of benzene rings is 1. The second-order valence-corrected chi connectivity index (χ2v) is 6.29. The Morgan fingerprint density at radius 2 is 2.29 bits per heavy atom. The van der Waals surface area contributed by atoms with Crippen LogP contribution in [-0.2, 0) is 19.4 Å². The first-order valence-electron chi connectivity index (χ1n) is 7.73. The number of nitrogens with one attached hydrogen (secondary N) is 1. The fraction of sp³-hybridized carbons (Fsp3) is 0.471. The molecule has 0 amide bonds. The van der Waals surface area contributed by atoms with Crippen LogP contribution in [0.2, 0.25) is 0 Å². The highest BCUT2D eigenvalue weighted by molar-refractivity contribution is 7.09. The number of hydrogen-bond acceptors (Lipinski definition) is 4. The van der Waals surface area contributed by atoms with Crippen LogP contribution < -0.4 is 10.1 Å². The van der Waals surface area contributed by atoms with Gasteiger partial charge in [0.2, 0.25) is 0 Å². The van der Waals surface area contributed by atoms with E-state index in [1.807, 2.05) is 0 Å². The molecule has 0 bridgehead atoms. The highest BCUT2D eigenvalue weighted by atomic mass is 32.1. The molecule has 112 valence electrons. The predicted octanol–water partition coefficient (Wildman–Crippen LogP) is 3.88. The van der Waals surface area contributed by atoms with Crippen LogP contribution in [-0.4, -0.2) is 11.5 Å². The van der Waals surface area contributed by atoms with E-state index in [-0.39, 0.29) is 0 Å². The second kappa shape index (κ2) is 6.58. The fourth-order valence-corrected chi connectivity index (χ4v) is 3.67. The van der Waals surface area contributed by atoms with Gasteiger partial charge in [0.1, 0.15) is 12.4 Å². The summed E-state index contributed by atoms with van der Waals surface area (Å²) < 4.78 is 6.04. The molecule has 0 spiro atoms. The molecule has 21 heavy (non-hydrogen) atoms.